The minimum atomic E-state index is -0.389. The van der Waals surface area contributed by atoms with Gasteiger partial charge in [-0.05, 0) is 109 Å². The van der Waals surface area contributed by atoms with Crippen molar-refractivity contribution in [1.29, 1.82) is 0 Å². The second-order valence-electron chi connectivity index (χ2n) is 16.5. The molecule has 0 amide bonds. The summed E-state index contributed by atoms with van der Waals surface area (Å²) in [6, 6.07) is 82.7. The van der Waals surface area contributed by atoms with Gasteiger partial charge in [0.15, 0.2) is 0 Å². The summed E-state index contributed by atoms with van der Waals surface area (Å²) < 4.78 is 0. The van der Waals surface area contributed by atoms with Crippen LogP contribution >= 0.6 is 0 Å². The van der Waals surface area contributed by atoms with Gasteiger partial charge in [0.2, 0.25) is 0 Å². The Morgan fingerprint density at radius 3 is 1.29 bits per heavy atom. The summed E-state index contributed by atoms with van der Waals surface area (Å²) in [4.78, 5) is 2.39. The predicted molar refractivity (Wildman–Crippen MR) is 247 cm³/mol. The molecule has 9 aromatic carbocycles. The highest BCUT2D eigenvalue weighted by atomic mass is 15.1. The van der Waals surface area contributed by atoms with Crippen LogP contribution in [-0.2, 0) is 10.8 Å². The average Bonchev–Trinajstić information content (AvgIpc) is 3.60. The van der Waals surface area contributed by atoms with Crippen LogP contribution in [0.25, 0.3) is 44.5 Å². The molecule has 0 aromatic heterocycles. The normalized spacial score (nSPS) is 13.9. The maximum atomic E-state index is 2.44. The topological polar surface area (TPSA) is 3.24 Å². The summed E-state index contributed by atoms with van der Waals surface area (Å²) in [6.45, 7) is 4.76. The van der Waals surface area contributed by atoms with E-state index >= 15 is 0 Å². The van der Waals surface area contributed by atoms with Crippen molar-refractivity contribution in [3.8, 4) is 44.5 Å². The van der Waals surface area contributed by atoms with E-state index in [1.54, 1.807) is 0 Å². The highest BCUT2D eigenvalue weighted by Crippen LogP contribution is 2.62. The molecule has 0 bridgehead atoms. The van der Waals surface area contributed by atoms with E-state index in [1.807, 2.05) is 0 Å². The molecule has 1 nitrogen and oxygen atoms in total. The van der Waals surface area contributed by atoms with Gasteiger partial charge in [-0.15, -0.1) is 0 Å². The number of fused-ring (bicyclic) bond motifs is 9. The predicted octanol–water partition coefficient (Wildman–Crippen LogP) is 15.2. The molecule has 1 spiro atoms. The lowest BCUT2D eigenvalue weighted by Crippen LogP contribution is -2.40. The van der Waals surface area contributed by atoms with Gasteiger partial charge in [0.05, 0.1) is 11.1 Å². The summed E-state index contributed by atoms with van der Waals surface area (Å²) in [7, 11) is 0. The molecule has 0 heterocycles. The number of nitrogens with zero attached hydrogens (tertiary/aromatic N) is 1. The molecule has 9 aromatic rings. The van der Waals surface area contributed by atoms with Crippen molar-refractivity contribution >= 4 is 17.1 Å². The van der Waals surface area contributed by atoms with Crippen LogP contribution in [-0.4, -0.2) is 0 Å². The summed E-state index contributed by atoms with van der Waals surface area (Å²) >= 11 is 0. The van der Waals surface area contributed by atoms with Crippen LogP contribution in [0.5, 0.6) is 0 Å². The minimum Gasteiger partial charge on any atom is -0.310 e. The Bertz CT molecular complexity index is 2940. The molecule has 0 atom stereocenters. The monoisotopic (exact) mass is 753 g/mol. The molecule has 2 aliphatic rings. The molecule has 11 rings (SSSR count). The Kier molecular flexibility index (Phi) is 8.13. The molecule has 0 N–H and O–H groups in total. The fourth-order valence-corrected chi connectivity index (χ4v) is 10.2. The first-order chi connectivity index (χ1) is 29.0. The van der Waals surface area contributed by atoms with E-state index in [-0.39, 0.29) is 10.8 Å². The van der Waals surface area contributed by atoms with Crippen molar-refractivity contribution < 1.29 is 0 Å². The maximum absolute atomic E-state index is 2.44. The Morgan fingerprint density at radius 2 is 0.695 bits per heavy atom. The first-order valence-corrected chi connectivity index (χ1v) is 20.7. The van der Waals surface area contributed by atoms with E-state index < -0.39 is 0 Å². The highest BCUT2D eigenvalue weighted by molar-refractivity contribution is 5.92. The maximum Gasteiger partial charge on any atom is 0.0719 e. The number of benzene rings is 9. The van der Waals surface area contributed by atoms with Gasteiger partial charge in [-0.25, -0.2) is 0 Å². The standard InChI is InChI=1S/C58H43N/c1-57(2)52-24-12-14-26-54(52)58(55-27-15-13-25-53(55)57)50-23-11-9-22-48(50)49-39-44(33-38-51(49)58)42-31-36-46(37-32-42)59(45-34-29-41(30-35-45)40-17-5-3-6-18-40)56-28-16-10-21-47(56)43-19-7-4-8-20-43/h3-39H,1-2H3. The lowest BCUT2D eigenvalue weighted by Gasteiger charge is -2.46. The number of anilines is 3. The highest BCUT2D eigenvalue weighted by Gasteiger charge is 2.53. The molecule has 0 fully saturated rings. The Hall–Kier alpha value is -7.22. The molecule has 1 heteroatoms. The Labute approximate surface area is 347 Å². The Balaban J connectivity index is 1.04. The molecular formula is C58H43N. The van der Waals surface area contributed by atoms with E-state index in [0.717, 1.165) is 17.1 Å². The van der Waals surface area contributed by atoms with Crippen LogP contribution in [0.2, 0.25) is 0 Å². The lowest BCUT2D eigenvalue weighted by atomic mass is 9.55. The van der Waals surface area contributed by atoms with Crippen LogP contribution in [0.15, 0.2) is 224 Å². The van der Waals surface area contributed by atoms with Gasteiger partial charge in [-0.3, -0.25) is 0 Å². The number of hydrogen-bond donors (Lipinski definition) is 0. The summed E-state index contributed by atoms with van der Waals surface area (Å²) in [6.07, 6.45) is 0. The van der Waals surface area contributed by atoms with Gasteiger partial charge in [0.25, 0.3) is 0 Å². The van der Waals surface area contributed by atoms with Gasteiger partial charge in [0, 0.05) is 22.4 Å². The third kappa shape index (κ3) is 5.39. The largest absolute Gasteiger partial charge is 0.310 e. The lowest BCUT2D eigenvalue weighted by molar-refractivity contribution is 0.563. The van der Waals surface area contributed by atoms with Gasteiger partial charge in [-0.1, -0.05) is 202 Å². The van der Waals surface area contributed by atoms with E-state index in [2.05, 4.69) is 243 Å². The molecular weight excluding hydrogens is 711 g/mol. The van der Waals surface area contributed by atoms with Crippen LogP contribution in [0.1, 0.15) is 47.2 Å². The van der Waals surface area contributed by atoms with Crippen molar-refractivity contribution in [2.75, 3.05) is 4.90 Å². The van der Waals surface area contributed by atoms with Gasteiger partial charge in [0.1, 0.15) is 0 Å². The first-order valence-electron chi connectivity index (χ1n) is 20.7. The van der Waals surface area contributed by atoms with Gasteiger partial charge in [-0.2, -0.15) is 0 Å². The molecule has 0 radical (unpaired) electrons. The molecule has 0 saturated carbocycles. The van der Waals surface area contributed by atoms with Crippen LogP contribution in [0.3, 0.4) is 0 Å². The molecule has 2 aliphatic carbocycles. The third-order valence-electron chi connectivity index (χ3n) is 13.0. The smallest absolute Gasteiger partial charge is 0.0719 e. The van der Waals surface area contributed by atoms with E-state index in [9.17, 15) is 0 Å². The number of hydrogen-bond acceptors (Lipinski definition) is 1. The van der Waals surface area contributed by atoms with Gasteiger partial charge < -0.3 is 4.90 Å². The van der Waals surface area contributed by atoms with E-state index in [4.69, 9.17) is 0 Å². The fraction of sp³-hybridized carbons (Fsp3) is 0.0690. The molecule has 280 valence electrons. The molecule has 0 unspecified atom stereocenters. The van der Waals surface area contributed by atoms with Crippen molar-refractivity contribution in [2.24, 2.45) is 0 Å². The van der Waals surface area contributed by atoms with Crippen LogP contribution in [0, 0.1) is 0 Å². The van der Waals surface area contributed by atoms with Crippen molar-refractivity contribution in [2.45, 2.75) is 24.7 Å². The fourth-order valence-electron chi connectivity index (χ4n) is 10.2. The van der Waals surface area contributed by atoms with Crippen LogP contribution < -0.4 is 4.90 Å². The molecule has 59 heavy (non-hydrogen) atoms. The average molecular weight is 754 g/mol. The summed E-state index contributed by atoms with van der Waals surface area (Å²) in [5.74, 6) is 0. The van der Waals surface area contributed by atoms with Crippen molar-refractivity contribution in [3.63, 3.8) is 0 Å². The quantitative estimate of drug-likeness (QED) is 0.163. The summed E-state index contributed by atoms with van der Waals surface area (Å²) in [5.41, 5.74) is 20.9. The minimum absolute atomic E-state index is 0.114. The first kappa shape index (κ1) is 35.0. The van der Waals surface area contributed by atoms with Crippen LogP contribution in [0.4, 0.5) is 17.1 Å². The molecule has 0 saturated heterocycles. The third-order valence-corrected chi connectivity index (χ3v) is 13.0. The Morgan fingerprint density at radius 1 is 0.288 bits per heavy atom. The SMILES string of the molecule is CC1(C)c2ccccc2C2(c3ccccc3-c3cc(-c4ccc(N(c5ccc(-c6ccccc6)cc5)c5ccccc5-c5ccccc5)cc4)ccc32)c2ccccc21. The molecule has 0 aliphatic heterocycles. The van der Waals surface area contributed by atoms with E-state index in [0.29, 0.717) is 0 Å². The van der Waals surface area contributed by atoms with Crippen molar-refractivity contribution in [3.05, 3.63) is 258 Å². The second kappa shape index (κ2) is 13.7. The zero-order valence-electron chi connectivity index (χ0n) is 33.3. The van der Waals surface area contributed by atoms with Crippen molar-refractivity contribution in [1.82, 2.24) is 0 Å². The zero-order chi connectivity index (χ0) is 39.6. The zero-order valence-corrected chi connectivity index (χ0v) is 33.3. The number of para-hydroxylation sites is 1. The summed E-state index contributed by atoms with van der Waals surface area (Å²) in [5, 5.41) is 0. The number of rotatable bonds is 6. The van der Waals surface area contributed by atoms with Gasteiger partial charge >= 0.3 is 0 Å². The second-order valence-corrected chi connectivity index (χ2v) is 16.5. The van der Waals surface area contributed by atoms with E-state index in [1.165, 1.54) is 77.9 Å².